The van der Waals surface area contributed by atoms with Gasteiger partial charge in [-0.05, 0) is 18.6 Å². The maximum absolute atomic E-state index is 11.8. The molecule has 2 aromatic rings. The Labute approximate surface area is 127 Å². The Hall–Kier alpha value is -2.20. The van der Waals surface area contributed by atoms with Gasteiger partial charge in [0.05, 0.1) is 10.7 Å². The first-order valence-electron chi connectivity index (χ1n) is 5.72. The highest BCUT2D eigenvalue weighted by molar-refractivity contribution is 8.01. The lowest BCUT2D eigenvalue weighted by Crippen LogP contribution is -2.14. The van der Waals surface area contributed by atoms with E-state index in [1.54, 1.807) is 6.92 Å². The second kappa shape index (κ2) is 6.50. The summed E-state index contributed by atoms with van der Waals surface area (Å²) in [4.78, 5) is 22.0. The number of non-ortho nitro benzene ring substituents is 1. The number of aromatic nitrogens is 2. The zero-order chi connectivity index (χ0) is 15.4. The van der Waals surface area contributed by atoms with Crippen LogP contribution in [0.3, 0.4) is 0 Å². The first-order chi connectivity index (χ1) is 9.95. The number of nitro benzene ring substituents is 1. The molecule has 0 saturated carbocycles. The van der Waals surface area contributed by atoms with E-state index < -0.39 is 4.92 Å². The van der Waals surface area contributed by atoms with Crippen LogP contribution in [0.4, 0.5) is 16.5 Å². The first kappa shape index (κ1) is 15.2. The number of anilines is 2. The second-order valence-electron chi connectivity index (χ2n) is 4.00. The number of amides is 1. The Morgan fingerprint density at radius 1 is 1.52 bits per heavy atom. The Morgan fingerprint density at radius 3 is 2.86 bits per heavy atom. The number of nitrogens with zero attached hydrogens (tertiary/aromatic N) is 3. The van der Waals surface area contributed by atoms with Crippen LogP contribution in [0, 0.1) is 17.0 Å². The zero-order valence-electron chi connectivity index (χ0n) is 10.9. The summed E-state index contributed by atoms with van der Waals surface area (Å²) < 4.78 is 0.614. The summed E-state index contributed by atoms with van der Waals surface area (Å²) in [7, 11) is 0. The van der Waals surface area contributed by atoms with Gasteiger partial charge < -0.3 is 11.1 Å². The summed E-state index contributed by atoms with van der Waals surface area (Å²) in [6, 6.07) is 4.27. The lowest BCUT2D eigenvalue weighted by Gasteiger charge is -2.07. The fraction of sp³-hybridized carbons (Fsp3) is 0.182. The maximum atomic E-state index is 11.8. The number of hydrogen-bond donors (Lipinski definition) is 2. The number of nitro groups is 1. The Kier molecular flexibility index (Phi) is 4.70. The van der Waals surface area contributed by atoms with Crippen molar-refractivity contribution < 1.29 is 9.72 Å². The van der Waals surface area contributed by atoms with E-state index in [0.717, 1.165) is 0 Å². The molecule has 0 bridgehead atoms. The molecule has 1 heterocycles. The van der Waals surface area contributed by atoms with Gasteiger partial charge in [0.2, 0.25) is 11.0 Å². The summed E-state index contributed by atoms with van der Waals surface area (Å²) in [5.41, 5.74) is 6.60. The van der Waals surface area contributed by atoms with Crippen molar-refractivity contribution in [2.45, 2.75) is 11.3 Å². The quantitative estimate of drug-likeness (QED) is 0.490. The molecule has 0 unspecified atom stereocenters. The van der Waals surface area contributed by atoms with Gasteiger partial charge in [-0.15, -0.1) is 10.2 Å². The fourth-order valence-corrected chi connectivity index (χ4v) is 2.93. The molecular weight excluding hydrogens is 314 g/mol. The van der Waals surface area contributed by atoms with E-state index >= 15 is 0 Å². The number of aryl methyl sites for hydroxylation is 1. The van der Waals surface area contributed by atoms with Gasteiger partial charge >= 0.3 is 0 Å². The average Bonchev–Trinajstić information content (AvgIpc) is 2.84. The molecule has 0 aliphatic rings. The van der Waals surface area contributed by atoms with Crippen molar-refractivity contribution in [1.82, 2.24) is 10.2 Å². The zero-order valence-corrected chi connectivity index (χ0v) is 12.5. The standard InChI is InChI=1S/C11H11N5O3S2/c1-6-4-7(16(18)19)2-3-8(6)13-9(17)5-20-11-15-14-10(12)21-11/h2-4H,5H2,1H3,(H2,12,14)(H,13,17). The molecular formula is C11H11N5O3S2. The summed E-state index contributed by atoms with van der Waals surface area (Å²) >= 11 is 2.44. The van der Waals surface area contributed by atoms with Crippen LogP contribution in [0.2, 0.25) is 0 Å². The Morgan fingerprint density at radius 2 is 2.29 bits per heavy atom. The highest BCUT2D eigenvalue weighted by atomic mass is 32.2. The fourth-order valence-electron chi connectivity index (χ4n) is 1.49. The van der Waals surface area contributed by atoms with Crippen molar-refractivity contribution in [2.75, 3.05) is 16.8 Å². The van der Waals surface area contributed by atoms with E-state index in [1.165, 1.54) is 41.3 Å². The van der Waals surface area contributed by atoms with Crippen molar-refractivity contribution in [3.05, 3.63) is 33.9 Å². The number of carbonyl (C=O) groups is 1. The van der Waals surface area contributed by atoms with Gasteiger partial charge in [0, 0.05) is 17.8 Å². The molecule has 10 heteroatoms. The molecule has 2 rings (SSSR count). The van der Waals surface area contributed by atoms with Crippen molar-refractivity contribution in [3.8, 4) is 0 Å². The molecule has 0 aliphatic heterocycles. The van der Waals surface area contributed by atoms with Crippen molar-refractivity contribution in [2.24, 2.45) is 0 Å². The van der Waals surface area contributed by atoms with E-state index in [9.17, 15) is 14.9 Å². The maximum Gasteiger partial charge on any atom is 0.269 e. The Balaban J connectivity index is 1.94. The number of hydrogen-bond acceptors (Lipinski definition) is 8. The van der Waals surface area contributed by atoms with Gasteiger partial charge in [-0.2, -0.15) is 0 Å². The molecule has 0 aliphatic carbocycles. The van der Waals surface area contributed by atoms with Gasteiger partial charge in [-0.3, -0.25) is 14.9 Å². The predicted molar refractivity (Wildman–Crippen MR) is 81.5 cm³/mol. The third-order valence-electron chi connectivity index (χ3n) is 2.44. The van der Waals surface area contributed by atoms with Crippen molar-refractivity contribution in [1.29, 1.82) is 0 Å². The topological polar surface area (TPSA) is 124 Å². The molecule has 110 valence electrons. The number of nitrogens with two attached hydrogens (primary N) is 1. The van der Waals surface area contributed by atoms with E-state index in [2.05, 4.69) is 15.5 Å². The highest BCUT2D eigenvalue weighted by Crippen LogP contribution is 2.24. The SMILES string of the molecule is Cc1cc([N+](=O)[O-])ccc1NC(=O)CSc1nnc(N)s1. The number of nitrogens with one attached hydrogen (secondary N) is 1. The van der Waals surface area contributed by atoms with Crippen molar-refractivity contribution >= 4 is 45.5 Å². The lowest BCUT2D eigenvalue weighted by molar-refractivity contribution is -0.384. The van der Waals surface area contributed by atoms with Crippen LogP contribution in [0.15, 0.2) is 22.5 Å². The van der Waals surface area contributed by atoms with Gasteiger partial charge in [-0.1, -0.05) is 23.1 Å². The molecule has 1 aromatic heterocycles. The summed E-state index contributed by atoms with van der Waals surface area (Å²) in [6.07, 6.45) is 0. The molecule has 0 fully saturated rings. The Bertz CT molecular complexity index is 688. The van der Waals surface area contributed by atoms with Crippen LogP contribution >= 0.6 is 23.1 Å². The van der Waals surface area contributed by atoms with Crippen LogP contribution < -0.4 is 11.1 Å². The summed E-state index contributed by atoms with van der Waals surface area (Å²) in [5.74, 6) is -0.0730. The largest absolute Gasteiger partial charge is 0.374 e. The van der Waals surface area contributed by atoms with Gasteiger partial charge in [0.1, 0.15) is 0 Å². The molecule has 8 nitrogen and oxygen atoms in total. The molecule has 1 aromatic carbocycles. The van der Waals surface area contributed by atoms with Crippen LogP contribution in [0.25, 0.3) is 0 Å². The van der Waals surface area contributed by atoms with Gasteiger partial charge in [0.25, 0.3) is 5.69 Å². The average molecular weight is 325 g/mol. The van der Waals surface area contributed by atoms with E-state index in [4.69, 9.17) is 5.73 Å². The molecule has 0 saturated heterocycles. The highest BCUT2D eigenvalue weighted by Gasteiger charge is 2.11. The third kappa shape index (κ3) is 4.13. The number of carbonyl (C=O) groups excluding carboxylic acids is 1. The lowest BCUT2D eigenvalue weighted by atomic mass is 10.2. The number of thioether (sulfide) groups is 1. The molecule has 3 N–H and O–H groups in total. The van der Waals surface area contributed by atoms with Crippen molar-refractivity contribution in [3.63, 3.8) is 0 Å². The summed E-state index contributed by atoms with van der Waals surface area (Å²) in [6.45, 7) is 1.70. The molecule has 21 heavy (non-hydrogen) atoms. The van der Waals surface area contributed by atoms with Gasteiger partial charge in [0.15, 0.2) is 4.34 Å². The number of nitrogen functional groups attached to an aromatic ring is 1. The molecule has 1 amide bonds. The van der Waals surface area contributed by atoms with Crippen LogP contribution in [0.1, 0.15) is 5.56 Å². The number of benzene rings is 1. The predicted octanol–water partition coefficient (Wildman–Crippen LogP) is 2.07. The molecule has 0 spiro atoms. The minimum Gasteiger partial charge on any atom is -0.374 e. The molecule has 0 atom stereocenters. The van der Waals surface area contributed by atoms with Gasteiger partial charge in [-0.25, -0.2) is 0 Å². The number of rotatable bonds is 5. The smallest absolute Gasteiger partial charge is 0.269 e. The monoisotopic (exact) mass is 325 g/mol. The normalized spacial score (nSPS) is 10.3. The minimum atomic E-state index is -0.478. The van der Waals surface area contributed by atoms with E-state index in [1.807, 2.05) is 0 Å². The van der Waals surface area contributed by atoms with E-state index in [0.29, 0.717) is 20.7 Å². The minimum absolute atomic E-state index is 0.00999. The van der Waals surface area contributed by atoms with Crippen LogP contribution in [0.5, 0.6) is 0 Å². The van der Waals surface area contributed by atoms with Crippen LogP contribution in [-0.4, -0.2) is 26.8 Å². The van der Waals surface area contributed by atoms with E-state index in [-0.39, 0.29) is 17.3 Å². The second-order valence-corrected chi connectivity index (χ2v) is 6.23. The van der Waals surface area contributed by atoms with Crippen LogP contribution in [-0.2, 0) is 4.79 Å². The molecule has 0 radical (unpaired) electrons. The third-order valence-corrected chi connectivity index (χ3v) is 4.33. The first-order valence-corrected chi connectivity index (χ1v) is 7.52. The summed E-state index contributed by atoms with van der Waals surface area (Å²) in [5, 5.41) is 21.1.